The molecule has 6 aromatic rings. The minimum Gasteiger partial charge on any atom is -0.494 e. The monoisotopic (exact) mass is 926 g/mol. The molecular formula is C50H56ClN10O4P. The molecule has 1 atom stereocenters. The Labute approximate surface area is 390 Å². The molecule has 3 aliphatic rings. The number of methoxy groups -OCH3 is 1. The second-order valence-corrected chi connectivity index (χ2v) is 21.8. The van der Waals surface area contributed by atoms with Crippen LogP contribution < -0.4 is 36.2 Å². The van der Waals surface area contributed by atoms with Crippen molar-refractivity contribution in [2.75, 3.05) is 67.5 Å². The summed E-state index contributed by atoms with van der Waals surface area (Å²) in [5, 5.41) is 18.1. The van der Waals surface area contributed by atoms with E-state index in [9.17, 15) is 14.2 Å². The highest BCUT2D eigenvalue weighted by molar-refractivity contribution is 7.70. The normalized spacial score (nSPS) is 17.7. The number of anilines is 6. The summed E-state index contributed by atoms with van der Waals surface area (Å²) >= 11 is 6.70. The Morgan fingerprint density at radius 2 is 1.64 bits per heavy atom. The first-order chi connectivity index (χ1) is 31.8. The van der Waals surface area contributed by atoms with Gasteiger partial charge in [0, 0.05) is 73.2 Å². The molecule has 4 aromatic carbocycles. The molecule has 3 fully saturated rings. The molecule has 66 heavy (non-hydrogen) atoms. The molecule has 14 nitrogen and oxygen atoms in total. The highest BCUT2D eigenvalue weighted by atomic mass is 35.5. The molecule has 5 heterocycles. The quantitative estimate of drug-likeness (QED) is 0.0645. The van der Waals surface area contributed by atoms with E-state index in [4.69, 9.17) is 21.3 Å². The molecule has 0 aliphatic carbocycles. The molecule has 342 valence electrons. The number of hydrogen-bond acceptors (Lipinski definition) is 12. The Balaban J connectivity index is 0.886. The molecule has 4 N–H and O–H groups in total. The highest BCUT2D eigenvalue weighted by Gasteiger charge is 2.38. The van der Waals surface area contributed by atoms with Gasteiger partial charge >= 0.3 is 0 Å². The number of ether oxygens (including phenoxy) is 1. The van der Waals surface area contributed by atoms with Crippen LogP contribution in [0.4, 0.5) is 34.5 Å². The van der Waals surface area contributed by atoms with Crippen LogP contribution in [0.2, 0.25) is 5.02 Å². The Hall–Kier alpha value is -6.21. The number of halogens is 1. The molecule has 1 spiro atoms. The summed E-state index contributed by atoms with van der Waals surface area (Å²) in [6.45, 7) is 8.27. The third-order valence-corrected chi connectivity index (χ3v) is 15.1. The fraction of sp³-hybridized carbons (Fsp3) is 0.340. The molecule has 1 unspecified atom stereocenters. The summed E-state index contributed by atoms with van der Waals surface area (Å²) in [5.41, 5.74) is 8.83. The van der Waals surface area contributed by atoms with Gasteiger partial charge in [-0.15, -0.1) is 0 Å². The Morgan fingerprint density at radius 3 is 2.35 bits per heavy atom. The first-order valence-electron chi connectivity index (χ1n) is 22.5. The van der Waals surface area contributed by atoms with Crippen molar-refractivity contribution in [1.29, 1.82) is 0 Å². The number of benzene rings is 4. The summed E-state index contributed by atoms with van der Waals surface area (Å²) < 4.78 is 21.5. The summed E-state index contributed by atoms with van der Waals surface area (Å²) in [4.78, 5) is 38.3. The van der Waals surface area contributed by atoms with Crippen molar-refractivity contribution in [2.45, 2.75) is 51.1 Å². The largest absolute Gasteiger partial charge is 0.494 e. The summed E-state index contributed by atoms with van der Waals surface area (Å²) in [5.74, 6) is 0.861. The number of hydrogen-bond donors (Lipinski definition) is 4. The van der Waals surface area contributed by atoms with E-state index in [1.54, 1.807) is 26.6 Å². The third-order valence-electron chi connectivity index (χ3n) is 13.3. The van der Waals surface area contributed by atoms with Crippen LogP contribution in [0.3, 0.4) is 0 Å². The van der Waals surface area contributed by atoms with Crippen LogP contribution in [0.25, 0.3) is 22.3 Å². The van der Waals surface area contributed by atoms with E-state index >= 15 is 0 Å². The van der Waals surface area contributed by atoms with Gasteiger partial charge in [0.1, 0.15) is 24.0 Å². The van der Waals surface area contributed by atoms with Crippen molar-refractivity contribution in [3.05, 3.63) is 114 Å². The summed E-state index contributed by atoms with van der Waals surface area (Å²) in [6.07, 6.45) is 10.8. The summed E-state index contributed by atoms with van der Waals surface area (Å²) in [7, 11) is 0.864. The maximum absolute atomic E-state index is 13.6. The number of likely N-dealkylation sites (tertiary alicyclic amines) is 1. The number of nitrogens with zero attached hydrogens (tertiary/aromatic N) is 6. The van der Waals surface area contributed by atoms with Gasteiger partial charge in [-0.2, -0.15) is 10.1 Å². The maximum atomic E-state index is 13.6. The number of piperidine rings is 3. The van der Waals surface area contributed by atoms with Crippen LogP contribution in [-0.4, -0.2) is 89.1 Å². The lowest BCUT2D eigenvalue weighted by molar-refractivity contribution is -0.133. The van der Waals surface area contributed by atoms with Crippen molar-refractivity contribution >= 4 is 70.4 Å². The predicted molar refractivity (Wildman–Crippen MR) is 264 cm³/mol. The SMILES string of the molecule is COc1cc(N2CCC3(CCN(Cc4cccc(NC5CCC(=O)NC5=O)c4)CC3)CC2)c(-c2cnn(C)c2)cc1Nc1ncc(Cl)c(Nc2ccc(-c3ccccc3)cc2P(C)(C)=O)n1. The van der Waals surface area contributed by atoms with Gasteiger partial charge < -0.3 is 30.2 Å². The van der Waals surface area contributed by atoms with Gasteiger partial charge in [-0.25, -0.2) is 4.98 Å². The second-order valence-electron chi connectivity index (χ2n) is 18.2. The maximum Gasteiger partial charge on any atom is 0.249 e. The zero-order valence-corrected chi connectivity index (χ0v) is 39.5. The van der Waals surface area contributed by atoms with Gasteiger partial charge in [-0.05, 0) is 111 Å². The van der Waals surface area contributed by atoms with E-state index in [1.165, 1.54) is 5.56 Å². The number of aryl methyl sites for hydroxylation is 1. The molecule has 3 aliphatic heterocycles. The zero-order valence-electron chi connectivity index (χ0n) is 37.8. The van der Waals surface area contributed by atoms with E-state index in [0.29, 0.717) is 52.1 Å². The van der Waals surface area contributed by atoms with Gasteiger partial charge in [0.25, 0.3) is 0 Å². The van der Waals surface area contributed by atoms with Gasteiger partial charge in [-0.3, -0.25) is 24.5 Å². The standard InChI is InChI=1S/C50H56ClN10O4P/c1-59-32-36(29-53-59)38-27-42(56-49-52-30-39(51)47(58-49)55-40-14-13-35(26-45(40)66(3,4)64)34-10-6-5-7-11-34)44(65-2)28-43(38)61-23-19-50(20-24-61)17-21-60(22-18-50)31-33-9-8-12-37(25-33)54-41-15-16-46(62)57-48(41)63/h5-14,25-30,32,41,54H,15-24,31H2,1-4H3,(H,57,62,63)(H2,52,55,56,58). The topological polar surface area (TPSA) is 159 Å². The lowest BCUT2D eigenvalue weighted by atomic mass is 9.71. The lowest BCUT2D eigenvalue weighted by Crippen LogP contribution is -2.47. The highest BCUT2D eigenvalue weighted by Crippen LogP contribution is 2.46. The third kappa shape index (κ3) is 10.1. The van der Waals surface area contributed by atoms with Crippen LogP contribution >= 0.6 is 18.7 Å². The van der Waals surface area contributed by atoms with E-state index in [1.807, 2.05) is 84.8 Å². The van der Waals surface area contributed by atoms with Crippen molar-refractivity contribution in [2.24, 2.45) is 12.5 Å². The first-order valence-corrected chi connectivity index (χ1v) is 25.5. The van der Waals surface area contributed by atoms with Gasteiger partial charge in [-0.1, -0.05) is 60.1 Å². The Morgan fingerprint density at radius 1 is 0.864 bits per heavy atom. The number of carbonyl (C=O) groups is 2. The minimum atomic E-state index is -2.73. The van der Waals surface area contributed by atoms with Gasteiger partial charge in [0.2, 0.25) is 17.8 Å². The number of nitrogens with one attached hydrogen (secondary N) is 4. The average molecular weight is 927 g/mol. The van der Waals surface area contributed by atoms with Crippen LogP contribution in [0, 0.1) is 5.41 Å². The zero-order chi connectivity index (χ0) is 46.0. The molecule has 0 bridgehead atoms. The average Bonchev–Trinajstić information content (AvgIpc) is 3.75. The summed E-state index contributed by atoms with van der Waals surface area (Å²) in [6, 6.07) is 28.0. The molecule has 2 aromatic heterocycles. The number of imide groups is 1. The number of carbonyl (C=O) groups excluding carboxylic acids is 2. The van der Waals surface area contributed by atoms with Gasteiger partial charge in [0.05, 0.1) is 30.9 Å². The minimum absolute atomic E-state index is 0.210. The Kier molecular flexibility index (Phi) is 12.9. The van der Waals surface area contributed by atoms with E-state index < -0.39 is 13.2 Å². The van der Waals surface area contributed by atoms with E-state index in [2.05, 4.69) is 65.4 Å². The molecule has 9 rings (SSSR count). The van der Waals surface area contributed by atoms with Gasteiger partial charge in [0.15, 0.2) is 5.82 Å². The van der Waals surface area contributed by atoms with Crippen molar-refractivity contribution in [3.63, 3.8) is 0 Å². The Bertz CT molecular complexity index is 2800. The molecular weight excluding hydrogens is 871 g/mol. The fourth-order valence-electron chi connectivity index (χ4n) is 9.50. The van der Waals surface area contributed by atoms with Crippen LogP contribution in [0.5, 0.6) is 5.75 Å². The van der Waals surface area contributed by atoms with Crippen LogP contribution in [-0.2, 0) is 27.7 Å². The van der Waals surface area contributed by atoms with E-state index in [0.717, 1.165) is 92.0 Å². The number of amides is 2. The molecule has 16 heteroatoms. The smallest absolute Gasteiger partial charge is 0.249 e. The van der Waals surface area contributed by atoms with E-state index in [-0.39, 0.29) is 17.2 Å². The molecule has 2 amide bonds. The van der Waals surface area contributed by atoms with Crippen molar-refractivity contribution in [3.8, 4) is 28.0 Å². The van der Waals surface area contributed by atoms with Crippen molar-refractivity contribution < 1.29 is 18.9 Å². The number of rotatable bonds is 13. The second kappa shape index (κ2) is 18.9. The number of aromatic nitrogens is 4. The molecule has 0 radical (unpaired) electrons. The van der Waals surface area contributed by atoms with Crippen LogP contribution in [0.1, 0.15) is 44.1 Å². The molecule has 0 saturated carbocycles. The fourth-order valence-corrected chi connectivity index (χ4v) is 10.8. The lowest BCUT2D eigenvalue weighted by Gasteiger charge is -2.47. The molecule has 3 saturated heterocycles. The van der Waals surface area contributed by atoms with Crippen LogP contribution in [0.15, 0.2) is 104 Å². The van der Waals surface area contributed by atoms with Crippen molar-refractivity contribution in [1.82, 2.24) is 30.0 Å². The first kappa shape index (κ1) is 45.0. The predicted octanol–water partition coefficient (Wildman–Crippen LogP) is 9.04.